The van der Waals surface area contributed by atoms with Crippen LogP contribution in [-0.2, 0) is 4.79 Å². The van der Waals surface area contributed by atoms with Gasteiger partial charge in [-0.25, -0.2) is 0 Å². The Kier molecular flexibility index (Phi) is 21.3. The Hall–Kier alpha value is -0.570. The van der Waals surface area contributed by atoms with Gasteiger partial charge in [0.05, 0.1) is 0 Å². The fourth-order valence-electron chi connectivity index (χ4n) is 3.49. The summed E-state index contributed by atoms with van der Waals surface area (Å²) in [5, 5.41) is 3.12. The molecule has 0 heterocycles. The van der Waals surface area contributed by atoms with Crippen molar-refractivity contribution in [3.05, 3.63) is 0 Å². The Morgan fingerprint density at radius 1 is 0.593 bits per heavy atom. The molecule has 3 heteroatoms. The molecular weight excluding hydrogens is 332 g/mol. The van der Waals surface area contributed by atoms with Gasteiger partial charge in [-0.1, -0.05) is 97.8 Å². The number of nitrogens with zero attached hydrogens (tertiary/aromatic N) is 1. The highest BCUT2D eigenvalue weighted by molar-refractivity contribution is 5.75. The summed E-state index contributed by atoms with van der Waals surface area (Å²) in [6, 6.07) is 0. The smallest absolute Gasteiger partial charge is 0.220 e. The molecule has 0 fully saturated rings. The molecule has 0 radical (unpaired) electrons. The number of hydrogen-bond acceptors (Lipinski definition) is 2. The number of unbranched alkanes of at least 4 members (excludes halogenated alkanes) is 12. The second-order valence-electron chi connectivity index (χ2n) is 8.18. The zero-order valence-electron chi connectivity index (χ0n) is 19.0. The molecule has 0 saturated heterocycles. The van der Waals surface area contributed by atoms with Crippen LogP contribution >= 0.6 is 0 Å². The first-order valence-electron chi connectivity index (χ1n) is 12.2. The van der Waals surface area contributed by atoms with Crippen LogP contribution in [0, 0.1) is 0 Å². The zero-order valence-corrected chi connectivity index (χ0v) is 19.0. The van der Waals surface area contributed by atoms with E-state index >= 15 is 0 Å². The van der Waals surface area contributed by atoms with Crippen molar-refractivity contribution >= 4 is 5.91 Å². The SMILES string of the molecule is CCCCCCCCCCCCCC(=O)NCCN(CCCC)CCCC. The van der Waals surface area contributed by atoms with Crippen molar-refractivity contribution in [2.75, 3.05) is 26.2 Å². The molecule has 0 aliphatic carbocycles. The Morgan fingerprint density at radius 3 is 1.52 bits per heavy atom. The lowest BCUT2D eigenvalue weighted by Crippen LogP contribution is -2.36. The predicted octanol–water partition coefficient (Wildman–Crippen LogP) is 6.71. The Morgan fingerprint density at radius 2 is 1.04 bits per heavy atom. The Balaban J connectivity index is 3.46. The van der Waals surface area contributed by atoms with Crippen LogP contribution < -0.4 is 5.32 Å². The van der Waals surface area contributed by atoms with Gasteiger partial charge in [0.25, 0.3) is 0 Å². The third-order valence-electron chi connectivity index (χ3n) is 5.41. The fourth-order valence-corrected chi connectivity index (χ4v) is 3.49. The van der Waals surface area contributed by atoms with Gasteiger partial charge in [0.15, 0.2) is 0 Å². The molecule has 0 aromatic carbocycles. The van der Waals surface area contributed by atoms with E-state index in [1.165, 1.54) is 103 Å². The Labute approximate surface area is 171 Å². The summed E-state index contributed by atoms with van der Waals surface area (Å²) in [7, 11) is 0. The van der Waals surface area contributed by atoms with Crippen molar-refractivity contribution < 1.29 is 4.79 Å². The van der Waals surface area contributed by atoms with Gasteiger partial charge in [-0.3, -0.25) is 4.79 Å². The summed E-state index contributed by atoms with van der Waals surface area (Å²) in [5.74, 6) is 0.247. The third-order valence-corrected chi connectivity index (χ3v) is 5.41. The number of carbonyl (C=O) groups excluding carboxylic acids is 1. The molecule has 0 aliphatic heterocycles. The molecule has 1 amide bonds. The minimum atomic E-state index is 0.247. The number of rotatable bonds is 21. The first-order chi connectivity index (χ1) is 13.2. The lowest BCUT2D eigenvalue weighted by atomic mass is 10.1. The van der Waals surface area contributed by atoms with Crippen molar-refractivity contribution in [2.24, 2.45) is 0 Å². The van der Waals surface area contributed by atoms with Crippen molar-refractivity contribution in [3.63, 3.8) is 0 Å². The van der Waals surface area contributed by atoms with Crippen LogP contribution in [0.5, 0.6) is 0 Å². The highest BCUT2D eigenvalue weighted by atomic mass is 16.1. The van der Waals surface area contributed by atoms with Crippen LogP contribution in [0.3, 0.4) is 0 Å². The zero-order chi connectivity index (χ0) is 20.0. The topological polar surface area (TPSA) is 32.3 Å². The second-order valence-corrected chi connectivity index (χ2v) is 8.18. The van der Waals surface area contributed by atoms with E-state index in [0.717, 1.165) is 19.5 Å². The van der Waals surface area contributed by atoms with Crippen molar-refractivity contribution in [1.82, 2.24) is 10.2 Å². The molecule has 0 unspecified atom stereocenters. The summed E-state index contributed by atoms with van der Waals surface area (Å²) in [4.78, 5) is 14.5. The summed E-state index contributed by atoms with van der Waals surface area (Å²) < 4.78 is 0. The highest BCUT2D eigenvalue weighted by Crippen LogP contribution is 2.11. The van der Waals surface area contributed by atoms with Gasteiger partial charge < -0.3 is 10.2 Å². The molecule has 27 heavy (non-hydrogen) atoms. The van der Waals surface area contributed by atoms with Crippen molar-refractivity contribution in [2.45, 2.75) is 124 Å². The molecule has 1 N–H and O–H groups in total. The van der Waals surface area contributed by atoms with E-state index in [0.29, 0.717) is 6.42 Å². The average molecular weight is 383 g/mol. The molecule has 0 aromatic rings. The van der Waals surface area contributed by atoms with E-state index in [9.17, 15) is 4.79 Å². The molecule has 0 spiro atoms. The van der Waals surface area contributed by atoms with E-state index in [2.05, 4.69) is 31.0 Å². The molecular formula is C24H50N2O. The fraction of sp³-hybridized carbons (Fsp3) is 0.958. The van der Waals surface area contributed by atoms with E-state index in [4.69, 9.17) is 0 Å². The van der Waals surface area contributed by atoms with Crippen LogP contribution in [0.15, 0.2) is 0 Å². The van der Waals surface area contributed by atoms with E-state index in [1.54, 1.807) is 0 Å². The van der Waals surface area contributed by atoms with E-state index < -0.39 is 0 Å². The number of hydrogen-bond donors (Lipinski definition) is 1. The monoisotopic (exact) mass is 382 g/mol. The van der Waals surface area contributed by atoms with Crippen LogP contribution in [0.2, 0.25) is 0 Å². The number of nitrogens with one attached hydrogen (secondary N) is 1. The summed E-state index contributed by atoms with van der Waals surface area (Å²) in [6.45, 7) is 10.9. The van der Waals surface area contributed by atoms with Crippen LogP contribution in [-0.4, -0.2) is 37.0 Å². The van der Waals surface area contributed by atoms with Crippen molar-refractivity contribution in [1.29, 1.82) is 0 Å². The molecule has 0 aromatic heterocycles. The summed E-state index contributed by atoms with van der Waals surface area (Å²) in [6.07, 6.45) is 20.4. The van der Waals surface area contributed by atoms with Gasteiger partial charge >= 0.3 is 0 Å². The molecule has 0 aliphatic rings. The van der Waals surface area contributed by atoms with Gasteiger partial charge in [-0.2, -0.15) is 0 Å². The molecule has 0 rings (SSSR count). The molecule has 3 nitrogen and oxygen atoms in total. The number of amides is 1. The first kappa shape index (κ1) is 26.4. The largest absolute Gasteiger partial charge is 0.355 e. The minimum absolute atomic E-state index is 0.247. The van der Waals surface area contributed by atoms with Gasteiger partial charge in [0, 0.05) is 19.5 Å². The van der Waals surface area contributed by atoms with Crippen molar-refractivity contribution in [3.8, 4) is 0 Å². The molecule has 0 bridgehead atoms. The van der Waals surface area contributed by atoms with Gasteiger partial charge in [-0.05, 0) is 32.4 Å². The van der Waals surface area contributed by atoms with Gasteiger partial charge in [0.1, 0.15) is 0 Å². The maximum Gasteiger partial charge on any atom is 0.220 e. The lowest BCUT2D eigenvalue weighted by molar-refractivity contribution is -0.121. The van der Waals surface area contributed by atoms with Crippen LogP contribution in [0.4, 0.5) is 0 Å². The summed E-state index contributed by atoms with van der Waals surface area (Å²) >= 11 is 0. The van der Waals surface area contributed by atoms with Gasteiger partial charge in [-0.15, -0.1) is 0 Å². The average Bonchev–Trinajstić information content (AvgIpc) is 2.67. The van der Waals surface area contributed by atoms with Crippen LogP contribution in [0.1, 0.15) is 124 Å². The van der Waals surface area contributed by atoms with E-state index in [1.807, 2.05) is 0 Å². The molecule has 162 valence electrons. The summed E-state index contributed by atoms with van der Waals surface area (Å²) in [5.41, 5.74) is 0. The normalized spacial score (nSPS) is 11.3. The third kappa shape index (κ3) is 20.0. The number of carbonyl (C=O) groups is 1. The first-order valence-corrected chi connectivity index (χ1v) is 12.2. The Bertz CT molecular complexity index is 299. The van der Waals surface area contributed by atoms with Crippen LogP contribution in [0.25, 0.3) is 0 Å². The molecule has 0 saturated carbocycles. The second kappa shape index (κ2) is 21.7. The minimum Gasteiger partial charge on any atom is -0.355 e. The standard InChI is InChI=1S/C24H50N2O/c1-4-7-10-11-12-13-14-15-16-17-18-19-24(27)25-20-23-26(21-8-5-2)22-9-6-3/h4-23H2,1-3H3,(H,25,27). The molecule has 0 atom stereocenters. The van der Waals surface area contributed by atoms with E-state index in [-0.39, 0.29) is 5.91 Å². The maximum absolute atomic E-state index is 12.0. The maximum atomic E-state index is 12.0. The predicted molar refractivity (Wildman–Crippen MR) is 120 cm³/mol. The van der Waals surface area contributed by atoms with Gasteiger partial charge in [0.2, 0.25) is 5.91 Å². The lowest BCUT2D eigenvalue weighted by Gasteiger charge is -2.22. The quantitative estimate of drug-likeness (QED) is 0.224. The highest BCUT2D eigenvalue weighted by Gasteiger charge is 2.05.